The van der Waals surface area contributed by atoms with Crippen molar-refractivity contribution in [3.8, 4) is 0 Å². The van der Waals surface area contributed by atoms with E-state index in [0.717, 1.165) is 22.1 Å². The lowest BCUT2D eigenvalue weighted by Gasteiger charge is -1.99. The molecule has 4 heteroatoms. The van der Waals surface area contributed by atoms with Crippen molar-refractivity contribution in [2.45, 2.75) is 13.8 Å². The third-order valence-electron chi connectivity index (χ3n) is 3.61. The molecule has 0 spiro atoms. The molecule has 0 unspecified atom stereocenters. The smallest absolute Gasteiger partial charge is 0.307 e. The maximum absolute atomic E-state index is 12.2. The Kier molecular flexibility index (Phi) is 3.74. The lowest BCUT2D eigenvalue weighted by molar-refractivity contribution is 0.0929. The molecule has 0 saturated carbocycles. The van der Waals surface area contributed by atoms with Crippen LogP contribution in [0.15, 0.2) is 58.0 Å². The van der Waals surface area contributed by atoms with E-state index < -0.39 is 0 Å². The zero-order chi connectivity index (χ0) is 15.5. The maximum atomic E-state index is 12.2. The number of hydrazone groups is 1. The fraction of sp³-hybridized carbons (Fsp3) is 0.111. The summed E-state index contributed by atoms with van der Waals surface area (Å²) in [5.74, 6) is -0.0540. The second-order valence-electron chi connectivity index (χ2n) is 5.11. The molecule has 22 heavy (non-hydrogen) atoms. The lowest BCUT2D eigenvalue weighted by atomic mass is 10.1. The minimum absolute atomic E-state index is 0.295. The first-order valence-electron chi connectivity index (χ1n) is 7.04. The number of benzene rings is 2. The standard InChI is InChI=1S/C18H16N2O2/c1-12-7-3-4-8-14(12)11-19-20-18(21)17-13(2)15-9-5-6-10-16(15)22-17/h3-11H,1-2H3,(H,20,21)/b19-11-. The van der Waals surface area contributed by atoms with E-state index in [4.69, 9.17) is 4.42 Å². The van der Waals surface area contributed by atoms with Gasteiger partial charge in [0.1, 0.15) is 5.58 Å². The Balaban J connectivity index is 1.79. The zero-order valence-electron chi connectivity index (χ0n) is 12.5. The van der Waals surface area contributed by atoms with E-state index in [1.807, 2.05) is 62.4 Å². The van der Waals surface area contributed by atoms with Gasteiger partial charge in [-0.05, 0) is 31.0 Å². The highest BCUT2D eigenvalue weighted by Gasteiger charge is 2.16. The predicted octanol–water partition coefficient (Wildman–Crippen LogP) is 3.81. The van der Waals surface area contributed by atoms with Gasteiger partial charge in [-0.3, -0.25) is 4.79 Å². The molecule has 0 aliphatic rings. The molecule has 0 atom stereocenters. The molecule has 4 nitrogen and oxygen atoms in total. The average Bonchev–Trinajstić information content (AvgIpc) is 2.87. The number of carbonyl (C=O) groups is 1. The molecule has 1 aromatic heterocycles. The summed E-state index contributed by atoms with van der Waals surface area (Å²) in [6.07, 6.45) is 1.63. The number of hydrogen-bond donors (Lipinski definition) is 1. The predicted molar refractivity (Wildman–Crippen MR) is 87.2 cm³/mol. The minimum atomic E-state index is -0.349. The van der Waals surface area contributed by atoms with Crippen molar-refractivity contribution < 1.29 is 9.21 Å². The van der Waals surface area contributed by atoms with E-state index in [-0.39, 0.29) is 5.91 Å². The molecule has 3 aromatic rings. The van der Waals surface area contributed by atoms with Gasteiger partial charge in [-0.2, -0.15) is 5.10 Å². The lowest BCUT2D eigenvalue weighted by Crippen LogP contribution is -2.17. The number of para-hydroxylation sites is 1. The number of amides is 1. The van der Waals surface area contributed by atoms with Gasteiger partial charge < -0.3 is 4.42 Å². The molecule has 0 radical (unpaired) electrons. The molecule has 0 aliphatic carbocycles. The van der Waals surface area contributed by atoms with Crippen LogP contribution in [0.1, 0.15) is 27.2 Å². The van der Waals surface area contributed by atoms with Crippen LogP contribution in [0.4, 0.5) is 0 Å². The second kappa shape index (κ2) is 5.85. The van der Waals surface area contributed by atoms with Crippen molar-refractivity contribution in [2.24, 2.45) is 5.10 Å². The molecule has 1 amide bonds. The number of fused-ring (bicyclic) bond motifs is 1. The van der Waals surface area contributed by atoms with E-state index in [2.05, 4.69) is 10.5 Å². The molecule has 110 valence electrons. The topological polar surface area (TPSA) is 54.6 Å². The van der Waals surface area contributed by atoms with Gasteiger partial charge in [0.25, 0.3) is 0 Å². The number of carbonyl (C=O) groups excluding carboxylic acids is 1. The van der Waals surface area contributed by atoms with Gasteiger partial charge in [0.15, 0.2) is 5.76 Å². The average molecular weight is 292 g/mol. The van der Waals surface area contributed by atoms with Gasteiger partial charge in [-0.1, -0.05) is 42.5 Å². The molecule has 0 bridgehead atoms. The summed E-state index contributed by atoms with van der Waals surface area (Å²) in [5.41, 5.74) is 6.09. The van der Waals surface area contributed by atoms with Crippen molar-refractivity contribution >= 4 is 23.1 Å². The minimum Gasteiger partial charge on any atom is -0.451 e. The molecular weight excluding hydrogens is 276 g/mol. The highest BCUT2D eigenvalue weighted by atomic mass is 16.3. The van der Waals surface area contributed by atoms with Gasteiger partial charge in [-0.15, -0.1) is 0 Å². The summed E-state index contributed by atoms with van der Waals surface area (Å²) in [7, 11) is 0. The van der Waals surface area contributed by atoms with Crippen LogP contribution >= 0.6 is 0 Å². The Morgan fingerprint density at radius 3 is 2.59 bits per heavy atom. The van der Waals surface area contributed by atoms with E-state index >= 15 is 0 Å². The molecular formula is C18H16N2O2. The molecule has 3 rings (SSSR count). The Morgan fingerprint density at radius 1 is 1.09 bits per heavy atom. The molecule has 0 aliphatic heterocycles. The molecule has 2 aromatic carbocycles. The van der Waals surface area contributed by atoms with Crippen molar-refractivity contribution in [1.82, 2.24) is 5.43 Å². The number of furan rings is 1. The summed E-state index contributed by atoms with van der Waals surface area (Å²) >= 11 is 0. The second-order valence-corrected chi connectivity index (χ2v) is 5.11. The number of rotatable bonds is 3. The first-order chi connectivity index (χ1) is 10.7. The molecule has 1 heterocycles. The molecule has 1 N–H and O–H groups in total. The first kappa shape index (κ1) is 14.1. The van der Waals surface area contributed by atoms with Crippen LogP contribution in [0.2, 0.25) is 0 Å². The van der Waals surface area contributed by atoms with E-state index in [1.165, 1.54) is 0 Å². The molecule has 0 saturated heterocycles. The summed E-state index contributed by atoms with van der Waals surface area (Å²) < 4.78 is 5.60. The Morgan fingerprint density at radius 2 is 1.82 bits per heavy atom. The number of nitrogens with one attached hydrogen (secondary N) is 1. The van der Waals surface area contributed by atoms with Crippen LogP contribution in [0, 0.1) is 13.8 Å². The number of nitrogens with zero attached hydrogens (tertiary/aromatic N) is 1. The van der Waals surface area contributed by atoms with Gasteiger partial charge in [-0.25, -0.2) is 5.43 Å². The summed E-state index contributed by atoms with van der Waals surface area (Å²) in [4.78, 5) is 12.2. The van der Waals surface area contributed by atoms with Crippen molar-refractivity contribution in [3.63, 3.8) is 0 Å². The van der Waals surface area contributed by atoms with Crippen molar-refractivity contribution in [3.05, 3.63) is 71.0 Å². The van der Waals surface area contributed by atoms with Gasteiger partial charge >= 0.3 is 5.91 Å². The molecule has 0 fully saturated rings. The van der Waals surface area contributed by atoms with E-state index in [9.17, 15) is 4.79 Å². The van der Waals surface area contributed by atoms with Crippen LogP contribution in [-0.2, 0) is 0 Å². The van der Waals surface area contributed by atoms with Gasteiger partial charge in [0.05, 0.1) is 6.21 Å². The Labute approximate surface area is 128 Å². The normalized spacial score (nSPS) is 11.2. The van der Waals surface area contributed by atoms with Gasteiger partial charge in [0, 0.05) is 10.9 Å². The van der Waals surface area contributed by atoms with Crippen LogP contribution in [0.25, 0.3) is 11.0 Å². The fourth-order valence-electron chi connectivity index (χ4n) is 2.33. The highest BCUT2D eigenvalue weighted by molar-refractivity contribution is 5.99. The van der Waals surface area contributed by atoms with Crippen LogP contribution in [0.5, 0.6) is 0 Å². The van der Waals surface area contributed by atoms with Crippen LogP contribution in [-0.4, -0.2) is 12.1 Å². The SMILES string of the molecule is Cc1ccccc1/C=N\NC(=O)c1oc2ccccc2c1C. The number of aryl methyl sites for hydroxylation is 2. The van der Waals surface area contributed by atoms with Crippen molar-refractivity contribution in [1.29, 1.82) is 0 Å². The zero-order valence-corrected chi connectivity index (χ0v) is 12.5. The van der Waals surface area contributed by atoms with E-state index in [1.54, 1.807) is 6.21 Å². The Bertz CT molecular complexity index is 862. The monoisotopic (exact) mass is 292 g/mol. The Hall–Kier alpha value is -2.88. The first-order valence-corrected chi connectivity index (χ1v) is 7.04. The summed E-state index contributed by atoms with van der Waals surface area (Å²) in [6.45, 7) is 3.86. The third kappa shape index (κ3) is 2.63. The van der Waals surface area contributed by atoms with Crippen LogP contribution in [0.3, 0.4) is 0 Å². The van der Waals surface area contributed by atoms with Crippen LogP contribution < -0.4 is 5.43 Å². The maximum Gasteiger partial charge on any atom is 0.307 e. The largest absolute Gasteiger partial charge is 0.451 e. The highest BCUT2D eigenvalue weighted by Crippen LogP contribution is 2.24. The number of hydrogen-bond acceptors (Lipinski definition) is 3. The van der Waals surface area contributed by atoms with Gasteiger partial charge in [0.2, 0.25) is 0 Å². The third-order valence-corrected chi connectivity index (χ3v) is 3.61. The van der Waals surface area contributed by atoms with E-state index in [0.29, 0.717) is 11.3 Å². The summed E-state index contributed by atoms with van der Waals surface area (Å²) in [6, 6.07) is 15.4. The quantitative estimate of drug-likeness (QED) is 0.589. The van der Waals surface area contributed by atoms with Crippen molar-refractivity contribution in [2.75, 3.05) is 0 Å². The summed E-state index contributed by atoms with van der Waals surface area (Å²) in [5, 5.41) is 4.95. The fourth-order valence-corrected chi connectivity index (χ4v) is 2.33.